The van der Waals surface area contributed by atoms with Crippen LogP contribution < -0.4 is 5.73 Å². The van der Waals surface area contributed by atoms with Crippen molar-refractivity contribution >= 4 is 21.6 Å². The van der Waals surface area contributed by atoms with E-state index < -0.39 is 15.8 Å². The molecule has 7 heteroatoms. The molecule has 18 heavy (non-hydrogen) atoms. The van der Waals surface area contributed by atoms with E-state index in [0.29, 0.717) is 0 Å². The zero-order chi connectivity index (χ0) is 14.1. The van der Waals surface area contributed by atoms with Crippen LogP contribution in [0.15, 0.2) is 17.0 Å². The predicted octanol–water partition coefficient (Wildman–Crippen LogP) is 1.76. The summed E-state index contributed by atoms with van der Waals surface area (Å²) in [5.74, 6) is -0.534. The van der Waals surface area contributed by atoms with Crippen molar-refractivity contribution in [1.29, 1.82) is 0 Å². The summed E-state index contributed by atoms with van der Waals surface area (Å²) in [6.45, 7) is 3.35. The van der Waals surface area contributed by atoms with Crippen LogP contribution in [0.25, 0.3) is 0 Å². The van der Waals surface area contributed by atoms with Crippen LogP contribution >= 0.6 is 11.6 Å². The largest absolute Gasteiger partial charge is 0.329 e. The highest BCUT2D eigenvalue weighted by atomic mass is 35.5. The van der Waals surface area contributed by atoms with E-state index in [1.165, 1.54) is 20.0 Å². The van der Waals surface area contributed by atoms with Gasteiger partial charge in [-0.2, -0.15) is 4.31 Å². The van der Waals surface area contributed by atoms with E-state index in [4.69, 9.17) is 17.3 Å². The molecule has 1 atom stereocenters. The summed E-state index contributed by atoms with van der Waals surface area (Å²) < 4.78 is 39.0. The third-order valence-corrected chi connectivity index (χ3v) is 5.27. The van der Waals surface area contributed by atoms with Crippen molar-refractivity contribution in [2.75, 3.05) is 13.6 Å². The van der Waals surface area contributed by atoms with Gasteiger partial charge in [0.2, 0.25) is 10.0 Å². The quantitative estimate of drug-likeness (QED) is 0.920. The molecular weight excluding hydrogens is 279 g/mol. The van der Waals surface area contributed by atoms with Crippen molar-refractivity contribution in [3.05, 3.63) is 28.5 Å². The average molecular weight is 295 g/mol. The van der Waals surface area contributed by atoms with Crippen LogP contribution in [-0.4, -0.2) is 32.4 Å². The van der Waals surface area contributed by atoms with E-state index in [1.807, 2.05) is 0 Å². The molecular formula is C11H16ClFN2O2S. The first-order valence-corrected chi connectivity index (χ1v) is 7.17. The number of aryl methyl sites for hydroxylation is 1. The molecule has 2 N–H and O–H groups in total. The van der Waals surface area contributed by atoms with Crippen molar-refractivity contribution in [3.8, 4) is 0 Å². The van der Waals surface area contributed by atoms with Gasteiger partial charge in [-0.25, -0.2) is 12.8 Å². The maximum Gasteiger partial charge on any atom is 0.244 e. The van der Waals surface area contributed by atoms with E-state index in [2.05, 4.69) is 0 Å². The Bertz CT molecular complexity index is 548. The van der Waals surface area contributed by atoms with Crippen LogP contribution in [0.4, 0.5) is 4.39 Å². The Hall–Kier alpha value is -0.690. The fourth-order valence-electron chi connectivity index (χ4n) is 1.37. The molecule has 4 nitrogen and oxygen atoms in total. The van der Waals surface area contributed by atoms with Crippen LogP contribution in [0.1, 0.15) is 12.5 Å². The van der Waals surface area contributed by atoms with E-state index >= 15 is 0 Å². The van der Waals surface area contributed by atoms with Gasteiger partial charge in [-0.3, -0.25) is 0 Å². The molecule has 1 aromatic rings. The van der Waals surface area contributed by atoms with Gasteiger partial charge in [0.25, 0.3) is 0 Å². The molecule has 0 aliphatic rings. The third-order valence-electron chi connectivity index (χ3n) is 2.83. The highest BCUT2D eigenvalue weighted by Crippen LogP contribution is 2.27. The van der Waals surface area contributed by atoms with Crippen LogP contribution in [0.5, 0.6) is 0 Å². The van der Waals surface area contributed by atoms with Gasteiger partial charge in [-0.05, 0) is 31.5 Å². The first-order valence-electron chi connectivity index (χ1n) is 5.35. The molecule has 1 unspecified atom stereocenters. The zero-order valence-electron chi connectivity index (χ0n) is 10.4. The Morgan fingerprint density at radius 2 is 2.06 bits per heavy atom. The second-order valence-electron chi connectivity index (χ2n) is 4.14. The number of hydrogen-bond donors (Lipinski definition) is 1. The minimum absolute atomic E-state index is 0.106. The molecule has 0 heterocycles. The number of hydrogen-bond acceptors (Lipinski definition) is 3. The molecule has 0 bridgehead atoms. The Morgan fingerprint density at radius 1 is 1.50 bits per heavy atom. The van der Waals surface area contributed by atoms with Crippen LogP contribution in [0.3, 0.4) is 0 Å². The van der Waals surface area contributed by atoms with Gasteiger partial charge in [-0.15, -0.1) is 0 Å². The number of nitrogens with two attached hydrogens (primary N) is 1. The molecule has 0 radical (unpaired) electrons. The van der Waals surface area contributed by atoms with Crippen molar-refractivity contribution < 1.29 is 12.8 Å². The lowest BCUT2D eigenvalue weighted by atomic mass is 10.2. The average Bonchev–Trinajstić information content (AvgIpc) is 2.31. The Kier molecular flexibility index (Phi) is 4.72. The molecule has 0 amide bonds. The van der Waals surface area contributed by atoms with Crippen LogP contribution in [0, 0.1) is 12.7 Å². The highest BCUT2D eigenvalue weighted by Gasteiger charge is 2.27. The van der Waals surface area contributed by atoms with Crippen molar-refractivity contribution in [2.45, 2.75) is 24.8 Å². The van der Waals surface area contributed by atoms with Gasteiger partial charge in [-0.1, -0.05) is 11.6 Å². The highest BCUT2D eigenvalue weighted by molar-refractivity contribution is 7.89. The molecule has 0 aromatic heterocycles. The van der Waals surface area contributed by atoms with E-state index in [-0.39, 0.29) is 28.1 Å². The summed E-state index contributed by atoms with van der Waals surface area (Å²) in [4.78, 5) is -0.106. The Balaban J connectivity index is 3.33. The molecule has 0 aliphatic heterocycles. The van der Waals surface area contributed by atoms with Crippen molar-refractivity contribution in [3.63, 3.8) is 0 Å². The molecule has 0 fully saturated rings. The number of sulfonamides is 1. The maximum atomic E-state index is 13.3. The first kappa shape index (κ1) is 15.4. The van der Waals surface area contributed by atoms with Gasteiger partial charge in [0.05, 0.1) is 5.02 Å². The molecule has 0 spiro atoms. The fourth-order valence-corrected chi connectivity index (χ4v) is 3.31. The Labute approximate surface area is 112 Å². The number of rotatable bonds is 4. The summed E-state index contributed by atoms with van der Waals surface area (Å²) >= 11 is 5.80. The summed E-state index contributed by atoms with van der Waals surface area (Å²) in [6.07, 6.45) is 0. The number of halogens is 2. The van der Waals surface area contributed by atoms with E-state index in [1.54, 1.807) is 6.92 Å². The van der Waals surface area contributed by atoms with Gasteiger partial charge in [0, 0.05) is 19.6 Å². The topological polar surface area (TPSA) is 63.4 Å². The molecule has 1 aromatic carbocycles. The summed E-state index contributed by atoms with van der Waals surface area (Å²) in [5.41, 5.74) is 5.67. The molecule has 0 aliphatic carbocycles. The minimum atomic E-state index is -3.77. The van der Waals surface area contributed by atoms with Crippen LogP contribution in [0.2, 0.25) is 5.02 Å². The van der Waals surface area contributed by atoms with Gasteiger partial charge < -0.3 is 5.73 Å². The van der Waals surface area contributed by atoms with Gasteiger partial charge in [0.15, 0.2) is 0 Å². The molecule has 0 saturated heterocycles. The van der Waals surface area contributed by atoms with E-state index in [0.717, 1.165) is 10.4 Å². The number of likely N-dealkylation sites (N-methyl/N-ethyl adjacent to an activating group) is 1. The van der Waals surface area contributed by atoms with Crippen molar-refractivity contribution in [2.24, 2.45) is 5.73 Å². The second-order valence-corrected chi connectivity index (χ2v) is 6.51. The minimum Gasteiger partial charge on any atom is -0.329 e. The lowest BCUT2D eigenvalue weighted by Gasteiger charge is -2.23. The molecule has 102 valence electrons. The summed E-state index contributed by atoms with van der Waals surface area (Å²) in [6, 6.07) is 1.87. The standard InChI is InChI=1S/C11H16ClFN2O2S/c1-7-4-11(9(12)5-10(7)13)18(16,17)15(3)8(2)6-14/h4-5,8H,6,14H2,1-3H3. The van der Waals surface area contributed by atoms with Crippen molar-refractivity contribution in [1.82, 2.24) is 4.31 Å². The molecule has 0 saturated carbocycles. The van der Waals surface area contributed by atoms with E-state index in [9.17, 15) is 12.8 Å². The van der Waals surface area contributed by atoms with Gasteiger partial charge >= 0.3 is 0 Å². The predicted molar refractivity (Wildman–Crippen MR) is 69.6 cm³/mol. The third kappa shape index (κ3) is 2.83. The Morgan fingerprint density at radius 3 is 2.56 bits per heavy atom. The monoisotopic (exact) mass is 294 g/mol. The maximum absolute atomic E-state index is 13.3. The normalized spacial score (nSPS) is 13.9. The second kappa shape index (κ2) is 5.52. The lowest BCUT2D eigenvalue weighted by molar-refractivity contribution is 0.394. The van der Waals surface area contributed by atoms with Crippen LogP contribution in [-0.2, 0) is 10.0 Å². The smallest absolute Gasteiger partial charge is 0.244 e. The number of nitrogens with zero attached hydrogens (tertiary/aromatic N) is 1. The fraction of sp³-hybridized carbons (Fsp3) is 0.455. The summed E-state index contributed by atoms with van der Waals surface area (Å²) in [5, 5.41) is -0.130. The van der Waals surface area contributed by atoms with Gasteiger partial charge in [0.1, 0.15) is 10.7 Å². The zero-order valence-corrected chi connectivity index (χ0v) is 12.0. The molecule has 1 rings (SSSR count). The first-order chi connectivity index (χ1) is 8.21. The number of benzene rings is 1. The summed E-state index contributed by atoms with van der Waals surface area (Å²) in [7, 11) is -2.35. The SMILES string of the molecule is Cc1cc(S(=O)(=O)N(C)C(C)CN)c(Cl)cc1F. The lowest BCUT2D eigenvalue weighted by Crippen LogP contribution is -2.39.